The van der Waals surface area contributed by atoms with Gasteiger partial charge in [0.15, 0.2) is 0 Å². The number of hydrogen-bond donors (Lipinski definition) is 1. The molecule has 3 heteroatoms. The molecule has 0 unspecified atom stereocenters. The number of carboxylic acid groups (broad SMARTS) is 1. The van der Waals surface area contributed by atoms with E-state index in [9.17, 15) is 9.90 Å². The van der Waals surface area contributed by atoms with Crippen molar-refractivity contribution in [2.24, 2.45) is 0 Å². The molecule has 25 heavy (non-hydrogen) atoms. The number of aliphatic carboxylic acids is 1. The largest absolute Gasteiger partial charge is 0.481 e. The summed E-state index contributed by atoms with van der Waals surface area (Å²) in [5.74, 6) is -0.775. The lowest BCUT2D eigenvalue weighted by molar-refractivity contribution is -0.140. The van der Waals surface area contributed by atoms with Gasteiger partial charge in [-0.05, 0) is 35.2 Å². The average Bonchev–Trinajstić information content (AvgIpc) is 3.37. The molecule has 1 fully saturated rings. The highest BCUT2D eigenvalue weighted by Gasteiger charge is 2.74. The minimum atomic E-state index is -0.948. The van der Waals surface area contributed by atoms with Crippen LogP contribution in [0.25, 0.3) is 0 Å². The molecule has 0 aromatic heterocycles. The molecule has 4 rings (SSSR count). The van der Waals surface area contributed by atoms with Gasteiger partial charge in [-0.3, -0.25) is 4.79 Å². The van der Waals surface area contributed by atoms with E-state index in [1.807, 2.05) is 84.9 Å². The second kappa shape index (κ2) is 5.85. The molecule has 1 atom stereocenters. The van der Waals surface area contributed by atoms with Gasteiger partial charge in [0, 0.05) is 9.89 Å². The van der Waals surface area contributed by atoms with E-state index in [1.54, 1.807) is 0 Å². The molecular formula is C22H17BrO2. The standard InChI is InChI=1S/C22H17BrO2/c23-19-13-11-18(12-14-19)22(20(24)25)15-21(22,16-7-3-1-4-8-16)17-9-5-2-6-10-17/h1-14H,15H2,(H,24,25)/t22-/m0/s1. The van der Waals surface area contributed by atoms with Crippen LogP contribution in [0.15, 0.2) is 89.4 Å². The zero-order valence-electron chi connectivity index (χ0n) is 13.5. The summed E-state index contributed by atoms with van der Waals surface area (Å²) in [6.07, 6.45) is 0.561. The molecule has 1 N–H and O–H groups in total. The fourth-order valence-electron chi connectivity index (χ4n) is 4.13. The fourth-order valence-corrected chi connectivity index (χ4v) is 4.39. The third-order valence-corrected chi connectivity index (χ3v) is 5.90. The molecule has 0 aliphatic heterocycles. The Morgan fingerprint density at radius 3 is 1.68 bits per heavy atom. The van der Waals surface area contributed by atoms with Crippen LogP contribution in [0.2, 0.25) is 0 Å². The monoisotopic (exact) mass is 392 g/mol. The van der Waals surface area contributed by atoms with Crippen LogP contribution in [0.5, 0.6) is 0 Å². The van der Waals surface area contributed by atoms with Crippen molar-refractivity contribution in [2.75, 3.05) is 0 Å². The van der Waals surface area contributed by atoms with Crippen LogP contribution in [-0.2, 0) is 15.6 Å². The first-order valence-corrected chi connectivity index (χ1v) is 9.01. The van der Waals surface area contributed by atoms with E-state index in [0.717, 1.165) is 21.2 Å². The third kappa shape index (κ3) is 2.26. The van der Waals surface area contributed by atoms with Crippen molar-refractivity contribution >= 4 is 21.9 Å². The minimum Gasteiger partial charge on any atom is -0.481 e. The lowest BCUT2D eigenvalue weighted by Gasteiger charge is -2.25. The lowest BCUT2D eigenvalue weighted by Crippen LogP contribution is -2.31. The molecule has 3 aromatic rings. The summed E-state index contributed by atoms with van der Waals surface area (Å²) in [5, 5.41) is 10.3. The molecule has 1 aliphatic carbocycles. The van der Waals surface area contributed by atoms with Gasteiger partial charge in [-0.2, -0.15) is 0 Å². The molecular weight excluding hydrogens is 376 g/mol. The highest BCUT2D eigenvalue weighted by Crippen LogP contribution is 2.69. The predicted octanol–water partition coefficient (Wildman–Crippen LogP) is 5.16. The van der Waals surface area contributed by atoms with Crippen molar-refractivity contribution in [2.45, 2.75) is 17.3 Å². The molecule has 1 saturated carbocycles. The van der Waals surface area contributed by atoms with E-state index in [4.69, 9.17) is 0 Å². The minimum absolute atomic E-state index is 0.546. The smallest absolute Gasteiger partial charge is 0.315 e. The highest BCUT2D eigenvalue weighted by molar-refractivity contribution is 9.10. The van der Waals surface area contributed by atoms with E-state index in [2.05, 4.69) is 15.9 Å². The number of benzene rings is 3. The molecule has 2 nitrogen and oxygen atoms in total. The summed E-state index contributed by atoms with van der Waals surface area (Å²) >= 11 is 3.44. The van der Waals surface area contributed by atoms with Crippen LogP contribution < -0.4 is 0 Å². The number of rotatable bonds is 4. The summed E-state index contributed by atoms with van der Waals surface area (Å²) in [7, 11) is 0. The van der Waals surface area contributed by atoms with Gasteiger partial charge in [0.2, 0.25) is 0 Å². The van der Waals surface area contributed by atoms with Gasteiger partial charge in [0.05, 0.1) is 0 Å². The highest BCUT2D eigenvalue weighted by atomic mass is 79.9. The Balaban J connectivity index is 1.97. The molecule has 0 spiro atoms. The maximum absolute atomic E-state index is 12.5. The van der Waals surface area contributed by atoms with Crippen LogP contribution in [0.3, 0.4) is 0 Å². The number of halogens is 1. The van der Waals surface area contributed by atoms with Crippen molar-refractivity contribution in [1.29, 1.82) is 0 Å². The molecule has 0 saturated heterocycles. The van der Waals surface area contributed by atoms with Crippen molar-refractivity contribution < 1.29 is 9.90 Å². The second-order valence-electron chi connectivity index (χ2n) is 6.53. The van der Waals surface area contributed by atoms with Crippen molar-refractivity contribution in [3.05, 3.63) is 106 Å². The number of hydrogen-bond acceptors (Lipinski definition) is 1. The van der Waals surface area contributed by atoms with Gasteiger partial charge in [0.25, 0.3) is 0 Å². The first-order chi connectivity index (χ1) is 12.1. The summed E-state index contributed by atoms with van der Waals surface area (Å²) in [6.45, 7) is 0. The van der Waals surface area contributed by atoms with Crippen LogP contribution in [-0.4, -0.2) is 11.1 Å². The summed E-state index contributed by atoms with van der Waals surface area (Å²) in [5.41, 5.74) is 1.44. The summed E-state index contributed by atoms with van der Waals surface area (Å²) < 4.78 is 0.947. The van der Waals surface area contributed by atoms with Crippen molar-refractivity contribution in [1.82, 2.24) is 0 Å². The second-order valence-corrected chi connectivity index (χ2v) is 7.45. The summed E-state index contributed by atoms with van der Waals surface area (Å²) in [4.78, 5) is 12.5. The third-order valence-electron chi connectivity index (χ3n) is 5.37. The topological polar surface area (TPSA) is 37.3 Å². The molecule has 0 bridgehead atoms. The maximum atomic E-state index is 12.5. The van der Waals surface area contributed by atoms with Crippen LogP contribution in [0.1, 0.15) is 23.1 Å². The summed E-state index contributed by atoms with van der Waals surface area (Å²) in [6, 6.07) is 27.7. The van der Waals surface area contributed by atoms with Crippen molar-refractivity contribution in [3.8, 4) is 0 Å². The van der Waals surface area contributed by atoms with E-state index in [-0.39, 0.29) is 0 Å². The molecule has 1 aliphatic rings. The fraction of sp³-hybridized carbons (Fsp3) is 0.136. The van der Waals surface area contributed by atoms with E-state index in [1.165, 1.54) is 0 Å². The maximum Gasteiger partial charge on any atom is 0.315 e. The Kier molecular flexibility index (Phi) is 3.77. The molecule has 0 radical (unpaired) electrons. The Labute approximate surface area is 155 Å². The zero-order chi connectivity index (χ0) is 17.5. The molecule has 3 aromatic carbocycles. The van der Waals surface area contributed by atoms with Crippen molar-refractivity contribution in [3.63, 3.8) is 0 Å². The molecule has 124 valence electrons. The first kappa shape index (κ1) is 16.1. The van der Waals surface area contributed by atoms with Crippen LogP contribution >= 0.6 is 15.9 Å². The lowest BCUT2D eigenvalue weighted by atomic mass is 9.77. The predicted molar refractivity (Wildman–Crippen MR) is 102 cm³/mol. The number of carboxylic acids is 1. The van der Waals surface area contributed by atoms with Crippen LogP contribution in [0, 0.1) is 0 Å². The first-order valence-electron chi connectivity index (χ1n) is 8.22. The van der Waals surface area contributed by atoms with Crippen LogP contribution in [0.4, 0.5) is 0 Å². The SMILES string of the molecule is O=C(O)[C@@]1(c2ccc(Br)cc2)CC1(c1ccccc1)c1ccccc1. The van der Waals surface area contributed by atoms with Gasteiger partial charge in [-0.1, -0.05) is 88.7 Å². The number of carbonyl (C=O) groups is 1. The Bertz CT molecular complexity index is 864. The quantitative estimate of drug-likeness (QED) is 0.665. The van der Waals surface area contributed by atoms with Gasteiger partial charge in [-0.25, -0.2) is 0 Å². The van der Waals surface area contributed by atoms with Gasteiger partial charge < -0.3 is 5.11 Å². The van der Waals surface area contributed by atoms with Gasteiger partial charge in [0.1, 0.15) is 5.41 Å². The average molecular weight is 393 g/mol. The Hall–Kier alpha value is -2.39. The molecule has 0 heterocycles. The van der Waals surface area contributed by atoms with E-state index in [0.29, 0.717) is 6.42 Å². The van der Waals surface area contributed by atoms with Gasteiger partial charge >= 0.3 is 5.97 Å². The Morgan fingerprint density at radius 2 is 1.24 bits per heavy atom. The van der Waals surface area contributed by atoms with E-state index < -0.39 is 16.8 Å². The normalized spacial score (nSPS) is 20.8. The van der Waals surface area contributed by atoms with E-state index >= 15 is 0 Å². The van der Waals surface area contributed by atoms with Gasteiger partial charge in [-0.15, -0.1) is 0 Å². The zero-order valence-corrected chi connectivity index (χ0v) is 15.1. The Morgan fingerprint density at radius 1 is 0.760 bits per heavy atom. The molecule has 0 amide bonds.